The van der Waals surface area contributed by atoms with Gasteiger partial charge in [-0.1, -0.05) is 18.2 Å². The molecule has 3 aromatic rings. The predicted octanol–water partition coefficient (Wildman–Crippen LogP) is 3.48. The van der Waals surface area contributed by atoms with Gasteiger partial charge in [-0.2, -0.15) is 0 Å². The summed E-state index contributed by atoms with van der Waals surface area (Å²) in [6.45, 7) is 1.10. The van der Waals surface area contributed by atoms with Crippen LogP contribution in [0.2, 0.25) is 0 Å². The number of likely N-dealkylation sites (tertiary alicyclic amines) is 1. The number of anilines is 1. The van der Waals surface area contributed by atoms with E-state index in [1.54, 1.807) is 23.5 Å². The SMILES string of the molecule is CS(=O)(=O)c1cccc(NC(=O)CN2CCCC2c2nc3ccccc3s2)c1. The molecule has 146 valence electrons. The number of carbonyl (C=O) groups is 1. The number of sulfone groups is 1. The molecule has 1 N–H and O–H groups in total. The highest BCUT2D eigenvalue weighted by molar-refractivity contribution is 7.90. The molecule has 1 fully saturated rings. The monoisotopic (exact) mass is 415 g/mol. The molecule has 1 saturated heterocycles. The number of carbonyl (C=O) groups excluding carboxylic acids is 1. The van der Waals surface area contributed by atoms with Crippen LogP contribution in [0.4, 0.5) is 5.69 Å². The Hall–Kier alpha value is -2.29. The molecule has 0 radical (unpaired) electrons. The number of rotatable bonds is 5. The van der Waals surface area contributed by atoms with Crippen molar-refractivity contribution >= 4 is 43.0 Å². The molecule has 1 aliphatic rings. The quantitative estimate of drug-likeness (QED) is 0.690. The number of hydrogen-bond acceptors (Lipinski definition) is 6. The Kier molecular flexibility index (Phi) is 5.18. The molecule has 0 saturated carbocycles. The molecule has 2 heterocycles. The van der Waals surface area contributed by atoms with Crippen molar-refractivity contribution in [3.8, 4) is 0 Å². The minimum atomic E-state index is -3.31. The molecule has 2 aromatic carbocycles. The fourth-order valence-electron chi connectivity index (χ4n) is 3.52. The molecular weight excluding hydrogens is 394 g/mol. The fraction of sp³-hybridized carbons (Fsp3) is 0.300. The van der Waals surface area contributed by atoms with Gasteiger partial charge < -0.3 is 5.32 Å². The van der Waals surface area contributed by atoms with E-state index in [0.29, 0.717) is 5.69 Å². The van der Waals surface area contributed by atoms with Gasteiger partial charge >= 0.3 is 0 Å². The van der Waals surface area contributed by atoms with Gasteiger partial charge in [0.15, 0.2) is 9.84 Å². The van der Waals surface area contributed by atoms with Crippen molar-refractivity contribution in [3.63, 3.8) is 0 Å². The second-order valence-corrected chi connectivity index (χ2v) is 10.1. The van der Waals surface area contributed by atoms with Crippen LogP contribution in [0, 0.1) is 0 Å². The van der Waals surface area contributed by atoms with Crippen LogP contribution in [-0.2, 0) is 14.6 Å². The third-order valence-corrected chi connectivity index (χ3v) is 7.10. The maximum Gasteiger partial charge on any atom is 0.238 e. The summed E-state index contributed by atoms with van der Waals surface area (Å²) in [6, 6.07) is 14.5. The third-order valence-electron chi connectivity index (χ3n) is 4.85. The van der Waals surface area contributed by atoms with Crippen molar-refractivity contribution in [1.82, 2.24) is 9.88 Å². The first kappa shape index (κ1) is 19.0. The van der Waals surface area contributed by atoms with Crippen LogP contribution in [0.1, 0.15) is 23.9 Å². The van der Waals surface area contributed by atoms with E-state index in [1.807, 2.05) is 18.2 Å². The van der Waals surface area contributed by atoms with Crippen LogP contribution in [0.15, 0.2) is 53.4 Å². The van der Waals surface area contributed by atoms with E-state index in [4.69, 9.17) is 4.98 Å². The Labute approximate surface area is 168 Å². The molecular formula is C20H21N3O3S2. The van der Waals surface area contributed by atoms with Gasteiger partial charge in [0.1, 0.15) is 5.01 Å². The zero-order valence-electron chi connectivity index (χ0n) is 15.5. The molecule has 8 heteroatoms. The highest BCUT2D eigenvalue weighted by Gasteiger charge is 2.30. The van der Waals surface area contributed by atoms with Crippen LogP contribution in [0.5, 0.6) is 0 Å². The number of fused-ring (bicyclic) bond motifs is 1. The average Bonchev–Trinajstić information content (AvgIpc) is 3.27. The smallest absolute Gasteiger partial charge is 0.238 e. The summed E-state index contributed by atoms with van der Waals surface area (Å²) in [5, 5.41) is 3.86. The minimum Gasteiger partial charge on any atom is -0.325 e. The van der Waals surface area contributed by atoms with Crippen LogP contribution < -0.4 is 5.32 Å². The number of para-hydroxylation sites is 1. The Morgan fingerprint density at radius 2 is 2.07 bits per heavy atom. The van der Waals surface area contributed by atoms with Crippen LogP contribution >= 0.6 is 11.3 Å². The maximum atomic E-state index is 12.6. The Balaban J connectivity index is 1.46. The van der Waals surface area contributed by atoms with Crippen LogP contribution in [0.25, 0.3) is 10.2 Å². The first-order valence-electron chi connectivity index (χ1n) is 9.10. The Bertz CT molecular complexity index is 1090. The summed E-state index contributed by atoms with van der Waals surface area (Å²) < 4.78 is 24.6. The summed E-state index contributed by atoms with van der Waals surface area (Å²) in [5.41, 5.74) is 1.49. The van der Waals surface area contributed by atoms with Crippen molar-refractivity contribution < 1.29 is 13.2 Å². The lowest BCUT2D eigenvalue weighted by Gasteiger charge is -2.22. The molecule has 28 heavy (non-hydrogen) atoms. The van der Waals surface area contributed by atoms with E-state index < -0.39 is 9.84 Å². The lowest BCUT2D eigenvalue weighted by molar-refractivity contribution is -0.117. The molecule has 4 rings (SSSR count). The molecule has 1 aliphatic heterocycles. The highest BCUT2D eigenvalue weighted by atomic mass is 32.2. The van der Waals surface area contributed by atoms with Gasteiger partial charge in [0.25, 0.3) is 0 Å². The van der Waals surface area contributed by atoms with Gasteiger partial charge in [-0.25, -0.2) is 13.4 Å². The third kappa shape index (κ3) is 4.09. The summed E-state index contributed by atoms with van der Waals surface area (Å²) >= 11 is 1.68. The van der Waals surface area contributed by atoms with E-state index in [1.165, 1.54) is 12.1 Å². The fourth-order valence-corrected chi connectivity index (χ4v) is 5.32. The zero-order valence-corrected chi connectivity index (χ0v) is 17.1. The zero-order chi connectivity index (χ0) is 19.7. The van der Waals surface area contributed by atoms with E-state index in [-0.39, 0.29) is 23.4 Å². The van der Waals surface area contributed by atoms with E-state index in [0.717, 1.165) is 40.9 Å². The minimum absolute atomic E-state index is 0.144. The number of hydrogen-bond donors (Lipinski definition) is 1. The van der Waals surface area contributed by atoms with Crippen molar-refractivity contribution in [2.75, 3.05) is 24.7 Å². The number of thiazole rings is 1. The number of benzene rings is 2. The number of amides is 1. The largest absolute Gasteiger partial charge is 0.325 e. The van der Waals surface area contributed by atoms with Crippen molar-refractivity contribution in [3.05, 3.63) is 53.5 Å². The summed E-state index contributed by atoms with van der Waals surface area (Å²) in [6.07, 6.45) is 3.16. The molecule has 0 bridgehead atoms. The first-order valence-corrected chi connectivity index (χ1v) is 11.8. The number of aromatic nitrogens is 1. The lowest BCUT2D eigenvalue weighted by Crippen LogP contribution is -2.32. The van der Waals surface area contributed by atoms with Gasteiger partial charge in [0, 0.05) is 11.9 Å². The molecule has 1 amide bonds. The normalized spacial score (nSPS) is 17.8. The maximum absolute atomic E-state index is 12.6. The van der Waals surface area contributed by atoms with Crippen LogP contribution in [-0.4, -0.2) is 43.6 Å². The van der Waals surface area contributed by atoms with Gasteiger partial charge in [-0.05, 0) is 49.7 Å². The molecule has 0 aliphatic carbocycles. The van der Waals surface area contributed by atoms with Gasteiger partial charge in [0.2, 0.25) is 5.91 Å². The van der Waals surface area contributed by atoms with E-state index in [9.17, 15) is 13.2 Å². The molecule has 0 spiro atoms. The van der Waals surface area contributed by atoms with Crippen molar-refractivity contribution in [2.24, 2.45) is 0 Å². The molecule has 1 unspecified atom stereocenters. The summed E-state index contributed by atoms with van der Waals surface area (Å²) in [5.74, 6) is -0.154. The molecule has 1 aromatic heterocycles. The lowest BCUT2D eigenvalue weighted by atomic mass is 10.2. The van der Waals surface area contributed by atoms with E-state index >= 15 is 0 Å². The Morgan fingerprint density at radius 1 is 1.25 bits per heavy atom. The summed E-state index contributed by atoms with van der Waals surface area (Å²) in [7, 11) is -3.31. The van der Waals surface area contributed by atoms with Gasteiger partial charge in [-0.3, -0.25) is 9.69 Å². The van der Waals surface area contributed by atoms with Crippen LogP contribution in [0.3, 0.4) is 0 Å². The summed E-state index contributed by atoms with van der Waals surface area (Å²) in [4.78, 5) is 19.7. The number of nitrogens with zero attached hydrogens (tertiary/aromatic N) is 2. The van der Waals surface area contributed by atoms with E-state index in [2.05, 4.69) is 16.3 Å². The van der Waals surface area contributed by atoms with Crippen molar-refractivity contribution in [1.29, 1.82) is 0 Å². The van der Waals surface area contributed by atoms with Crippen molar-refractivity contribution in [2.45, 2.75) is 23.8 Å². The first-order chi connectivity index (χ1) is 13.4. The standard InChI is InChI=1S/C20H21N3O3S2/c1-28(25,26)15-7-4-6-14(12-15)21-19(24)13-23-11-5-9-17(23)20-22-16-8-2-3-10-18(16)27-20/h2-4,6-8,10,12,17H,5,9,11,13H2,1H3,(H,21,24). The van der Waals surface area contributed by atoms with Gasteiger partial charge in [-0.15, -0.1) is 11.3 Å². The molecule has 6 nitrogen and oxygen atoms in total. The molecule has 1 atom stereocenters. The second-order valence-electron chi connectivity index (χ2n) is 7.00. The Morgan fingerprint density at radius 3 is 2.86 bits per heavy atom. The number of nitrogens with one attached hydrogen (secondary N) is 1. The topological polar surface area (TPSA) is 79.4 Å². The second kappa shape index (κ2) is 7.62. The average molecular weight is 416 g/mol. The predicted molar refractivity (Wildman–Crippen MR) is 111 cm³/mol. The van der Waals surface area contributed by atoms with Gasteiger partial charge in [0.05, 0.1) is 27.7 Å². The highest BCUT2D eigenvalue weighted by Crippen LogP contribution is 2.36.